The number of anilines is 1. The average molecular weight is 251 g/mol. The largest absolute Gasteiger partial charge is 0.497 e. The van der Waals surface area contributed by atoms with Crippen LogP contribution in [0.1, 0.15) is 0 Å². The normalized spacial score (nSPS) is 10.4. The lowest BCUT2D eigenvalue weighted by molar-refractivity contribution is 0.390. The molecule has 2 N–H and O–H groups in total. The Morgan fingerprint density at radius 2 is 2.00 bits per heavy atom. The molecule has 2 aromatic rings. The summed E-state index contributed by atoms with van der Waals surface area (Å²) in [6, 6.07) is 2.88. The number of ether oxygens (including phenoxy) is 2. The highest BCUT2D eigenvalue weighted by atomic mass is 19.1. The molecule has 0 atom stereocenters. The van der Waals surface area contributed by atoms with Gasteiger partial charge in [0.15, 0.2) is 0 Å². The van der Waals surface area contributed by atoms with E-state index in [2.05, 4.69) is 5.10 Å². The first kappa shape index (κ1) is 12.2. The van der Waals surface area contributed by atoms with Gasteiger partial charge in [0.2, 0.25) is 0 Å². The molecule has 1 aromatic carbocycles. The maximum absolute atomic E-state index is 14.1. The predicted octanol–water partition coefficient (Wildman–Crippen LogP) is 1.83. The van der Waals surface area contributed by atoms with E-state index in [-0.39, 0.29) is 5.56 Å². The minimum absolute atomic E-state index is 0.281. The lowest BCUT2D eigenvalue weighted by Gasteiger charge is -2.11. The van der Waals surface area contributed by atoms with Crippen LogP contribution in [0.15, 0.2) is 18.3 Å². The third kappa shape index (κ3) is 1.85. The van der Waals surface area contributed by atoms with Crippen molar-refractivity contribution >= 4 is 5.82 Å². The molecule has 1 aromatic heterocycles. The number of nitrogens with two attached hydrogens (primary N) is 1. The number of benzene rings is 1. The van der Waals surface area contributed by atoms with E-state index < -0.39 is 5.82 Å². The van der Waals surface area contributed by atoms with Gasteiger partial charge in [0.05, 0.1) is 31.5 Å². The molecule has 0 radical (unpaired) electrons. The van der Waals surface area contributed by atoms with E-state index in [0.29, 0.717) is 22.9 Å². The highest BCUT2D eigenvalue weighted by Crippen LogP contribution is 2.38. The van der Waals surface area contributed by atoms with Crippen LogP contribution in [0.4, 0.5) is 10.2 Å². The Kier molecular flexibility index (Phi) is 3.10. The molecule has 6 heteroatoms. The maximum Gasteiger partial charge on any atom is 0.138 e. The fraction of sp³-hybridized carbons (Fsp3) is 0.250. The number of methoxy groups -OCH3 is 2. The van der Waals surface area contributed by atoms with Crippen LogP contribution in [-0.2, 0) is 7.05 Å². The minimum Gasteiger partial charge on any atom is -0.497 e. The van der Waals surface area contributed by atoms with Crippen LogP contribution in [-0.4, -0.2) is 24.0 Å². The second-order valence-electron chi connectivity index (χ2n) is 3.75. The molecule has 0 amide bonds. The Morgan fingerprint density at radius 3 is 2.50 bits per heavy atom. The zero-order valence-electron chi connectivity index (χ0n) is 10.4. The van der Waals surface area contributed by atoms with Crippen LogP contribution in [0, 0.1) is 5.82 Å². The van der Waals surface area contributed by atoms with Crippen LogP contribution < -0.4 is 15.2 Å². The lowest BCUT2D eigenvalue weighted by atomic mass is 10.1. The molecule has 18 heavy (non-hydrogen) atoms. The van der Waals surface area contributed by atoms with Crippen LogP contribution in [0.5, 0.6) is 11.5 Å². The number of hydrogen-bond acceptors (Lipinski definition) is 4. The van der Waals surface area contributed by atoms with Gasteiger partial charge in [-0.25, -0.2) is 4.39 Å². The van der Waals surface area contributed by atoms with Gasteiger partial charge in [-0.05, 0) is 0 Å². The van der Waals surface area contributed by atoms with Gasteiger partial charge in [-0.2, -0.15) is 5.10 Å². The van der Waals surface area contributed by atoms with Gasteiger partial charge < -0.3 is 15.2 Å². The number of aromatic nitrogens is 2. The summed E-state index contributed by atoms with van der Waals surface area (Å²) >= 11 is 0. The Balaban J connectivity index is 2.67. The molecule has 2 rings (SSSR count). The first-order valence-electron chi connectivity index (χ1n) is 5.27. The molecule has 0 spiro atoms. The SMILES string of the molecule is COc1cc(F)c(-c2cnn(C)c2N)c(OC)c1. The molecule has 0 fully saturated rings. The quantitative estimate of drug-likeness (QED) is 0.903. The Labute approximate surface area is 104 Å². The van der Waals surface area contributed by atoms with Crippen molar-refractivity contribution in [2.75, 3.05) is 20.0 Å². The van der Waals surface area contributed by atoms with Crippen LogP contribution >= 0.6 is 0 Å². The van der Waals surface area contributed by atoms with Crippen molar-refractivity contribution in [2.45, 2.75) is 0 Å². The average Bonchev–Trinajstić information content (AvgIpc) is 2.69. The molecule has 96 valence electrons. The number of rotatable bonds is 3. The fourth-order valence-corrected chi connectivity index (χ4v) is 1.74. The van der Waals surface area contributed by atoms with Crippen molar-refractivity contribution in [3.05, 3.63) is 24.1 Å². The standard InChI is InChI=1S/C12H14FN3O2/c1-16-12(14)8(6-15-16)11-9(13)4-7(17-2)5-10(11)18-3/h4-6H,14H2,1-3H3. The molecule has 0 bridgehead atoms. The third-order valence-electron chi connectivity index (χ3n) is 2.74. The molecule has 0 saturated heterocycles. The summed E-state index contributed by atoms with van der Waals surface area (Å²) in [6.07, 6.45) is 1.50. The van der Waals surface area contributed by atoms with Gasteiger partial charge in [-0.1, -0.05) is 0 Å². The molecule has 1 heterocycles. The van der Waals surface area contributed by atoms with Gasteiger partial charge >= 0.3 is 0 Å². The first-order chi connectivity index (χ1) is 8.58. The molecule has 0 aliphatic carbocycles. The Bertz CT molecular complexity index is 581. The fourth-order valence-electron chi connectivity index (χ4n) is 1.74. The summed E-state index contributed by atoms with van der Waals surface area (Å²) in [5.74, 6) is 0.644. The topological polar surface area (TPSA) is 62.3 Å². The molecule has 0 aliphatic rings. The highest BCUT2D eigenvalue weighted by molar-refractivity contribution is 5.79. The number of halogens is 1. The molecule has 0 unspecified atom stereocenters. The number of nitrogens with zero attached hydrogens (tertiary/aromatic N) is 2. The maximum atomic E-state index is 14.1. The van der Waals surface area contributed by atoms with Crippen LogP contribution in [0.3, 0.4) is 0 Å². The number of hydrogen-bond donors (Lipinski definition) is 1. The second kappa shape index (κ2) is 4.56. The van der Waals surface area contributed by atoms with E-state index in [1.54, 1.807) is 13.1 Å². The van der Waals surface area contributed by atoms with E-state index in [4.69, 9.17) is 15.2 Å². The zero-order valence-corrected chi connectivity index (χ0v) is 10.4. The summed E-state index contributed by atoms with van der Waals surface area (Å²) in [5, 5.41) is 3.99. The van der Waals surface area contributed by atoms with Gasteiger partial charge in [0.25, 0.3) is 0 Å². The highest BCUT2D eigenvalue weighted by Gasteiger charge is 2.18. The summed E-state index contributed by atoms with van der Waals surface area (Å²) in [6.45, 7) is 0. The predicted molar refractivity (Wildman–Crippen MR) is 66.1 cm³/mol. The molecule has 5 nitrogen and oxygen atoms in total. The van der Waals surface area contributed by atoms with Crippen molar-refractivity contribution < 1.29 is 13.9 Å². The van der Waals surface area contributed by atoms with Crippen molar-refractivity contribution in [1.29, 1.82) is 0 Å². The van der Waals surface area contributed by atoms with Crippen molar-refractivity contribution in [3.8, 4) is 22.6 Å². The van der Waals surface area contributed by atoms with Gasteiger partial charge in [-0.3, -0.25) is 4.68 Å². The number of aryl methyl sites for hydroxylation is 1. The summed E-state index contributed by atoms with van der Waals surface area (Å²) in [7, 11) is 4.61. The second-order valence-corrected chi connectivity index (χ2v) is 3.75. The van der Waals surface area contributed by atoms with Gasteiger partial charge in [-0.15, -0.1) is 0 Å². The first-order valence-corrected chi connectivity index (χ1v) is 5.27. The smallest absolute Gasteiger partial charge is 0.138 e. The third-order valence-corrected chi connectivity index (χ3v) is 2.74. The summed E-state index contributed by atoms with van der Waals surface area (Å²) < 4.78 is 25.7. The van der Waals surface area contributed by atoms with Crippen molar-refractivity contribution in [1.82, 2.24) is 9.78 Å². The van der Waals surface area contributed by atoms with Gasteiger partial charge in [0.1, 0.15) is 23.1 Å². The Hall–Kier alpha value is -2.24. The Morgan fingerprint density at radius 1 is 1.28 bits per heavy atom. The molecular formula is C12H14FN3O2. The lowest BCUT2D eigenvalue weighted by Crippen LogP contribution is -2.00. The molecular weight excluding hydrogens is 237 g/mol. The summed E-state index contributed by atoms with van der Waals surface area (Å²) in [4.78, 5) is 0. The van der Waals surface area contributed by atoms with Crippen molar-refractivity contribution in [2.24, 2.45) is 7.05 Å². The van der Waals surface area contributed by atoms with E-state index in [0.717, 1.165) is 0 Å². The van der Waals surface area contributed by atoms with Crippen LogP contribution in [0.25, 0.3) is 11.1 Å². The summed E-state index contributed by atoms with van der Waals surface area (Å²) in [5.41, 5.74) is 6.62. The van der Waals surface area contributed by atoms with E-state index in [9.17, 15) is 4.39 Å². The van der Waals surface area contributed by atoms with E-state index >= 15 is 0 Å². The molecule has 0 aliphatic heterocycles. The van der Waals surface area contributed by atoms with E-state index in [1.165, 1.54) is 31.2 Å². The minimum atomic E-state index is -0.467. The monoisotopic (exact) mass is 251 g/mol. The number of nitrogen functional groups attached to an aromatic ring is 1. The zero-order chi connectivity index (χ0) is 13.3. The van der Waals surface area contributed by atoms with Gasteiger partial charge in [0, 0.05) is 19.2 Å². The van der Waals surface area contributed by atoms with Crippen molar-refractivity contribution in [3.63, 3.8) is 0 Å². The van der Waals surface area contributed by atoms with E-state index in [1.807, 2.05) is 0 Å². The molecule has 0 saturated carbocycles. The van der Waals surface area contributed by atoms with Crippen LogP contribution in [0.2, 0.25) is 0 Å².